The van der Waals surface area contributed by atoms with Crippen molar-refractivity contribution < 1.29 is 0 Å². The quantitative estimate of drug-likeness (QED) is 0.543. The number of nitrogen functional groups attached to an aromatic ring is 1. The van der Waals surface area contributed by atoms with E-state index in [4.69, 9.17) is 5.73 Å². The molecule has 29 heavy (non-hydrogen) atoms. The van der Waals surface area contributed by atoms with Crippen LogP contribution in [0.1, 0.15) is 24.4 Å². The van der Waals surface area contributed by atoms with Gasteiger partial charge in [0.2, 0.25) is 0 Å². The van der Waals surface area contributed by atoms with E-state index < -0.39 is 0 Å². The van der Waals surface area contributed by atoms with Gasteiger partial charge in [0.05, 0.1) is 33.6 Å². The first kappa shape index (κ1) is 17.8. The molecule has 0 bridgehead atoms. The Balaban J connectivity index is 1.53. The van der Waals surface area contributed by atoms with E-state index in [1.165, 1.54) is 11.3 Å². The fourth-order valence-corrected chi connectivity index (χ4v) is 4.77. The normalized spacial score (nSPS) is 14.9. The molecule has 1 aliphatic rings. The molecule has 3 aromatic heterocycles. The molecule has 1 aliphatic heterocycles. The second-order valence-corrected chi connectivity index (χ2v) is 8.13. The Morgan fingerprint density at radius 2 is 2.07 bits per heavy atom. The summed E-state index contributed by atoms with van der Waals surface area (Å²) in [4.78, 5) is 9.08. The highest BCUT2D eigenvalue weighted by Crippen LogP contribution is 2.36. The molecule has 7 nitrogen and oxygen atoms in total. The van der Waals surface area contributed by atoms with Crippen LogP contribution in [0.2, 0.25) is 0 Å². The number of nitrogens with one attached hydrogen (secondary N) is 1. The number of thiazole rings is 1. The van der Waals surface area contributed by atoms with Crippen molar-refractivity contribution in [1.82, 2.24) is 25.1 Å². The van der Waals surface area contributed by atoms with Crippen LogP contribution >= 0.6 is 11.3 Å². The molecule has 8 heteroatoms. The van der Waals surface area contributed by atoms with E-state index in [0.717, 1.165) is 57.8 Å². The maximum Gasteiger partial charge on any atom is 0.133 e. The molecule has 0 saturated carbocycles. The summed E-state index contributed by atoms with van der Waals surface area (Å²) in [5, 5.41) is 18.1. The molecule has 0 unspecified atom stereocenters. The molecule has 0 spiro atoms. The zero-order valence-corrected chi connectivity index (χ0v) is 16.5. The summed E-state index contributed by atoms with van der Waals surface area (Å²) >= 11 is 1.47. The number of aromatic nitrogens is 4. The lowest BCUT2D eigenvalue weighted by Gasteiger charge is -2.22. The highest BCUT2D eigenvalue weighted by molar-refractivity contribution is 7.22. The first-order valence-electron chi connectivity index (χ1n) is 9.54. The van der Waals surface area contributed by atoms with E-state index in [0.29, 0.717) is 17.4 Å². The summed E-state index contributed by atoms with van der Waals surface area (Å²) in [7, 11) is 0. The maximum absolute atomic E-state index is 9.35. The van der Waals surface area contributed by atoms with Crippen molar-refractivity contribution in [3.8, 4) is 27.8 Å². The smallest absolute Gasteiger partial charge is 0.133 e. The molecule has 0 amide bonds. The minimum atomic E-state index is 0.428. The average Bonchev–Trinajstić information content (AvgIpc) is 3.42. The second kappa shape index (κ2) is 7.28. The van der Waals surface area contributed by atoms with Crippen LogP contribution < -0.4 is 11.1 Å². The zero-order valence-electron chi connectivity index (χ0n) is 15.7. The average molecular weight is 401 g/mol. The van der Waals surface area contributed by atoms with Gasteiger partial charge in [-0.05, 0) is 44.1 Å². The number of hydrogen-bond donors (Lipinski definition) is 2. The minimum absolute atomic E-state index is 0.428. The SMILES string of the molecule is N#Cc1cccc2nc(-c3cc(-c4cnn(C5CCNCC5)c4)cnc3N)sc12. The topological polar surface area (TPSA) is 105 Å². The van der Waals surface area contributed by atoms with Crippen LogP contribution in [0.5, 0.6) is 0 Å². The van der Waals surface area contributed by atoms with Crippen LogP contribution in [-0.4, -0.2) is 32.8 Å². The molecule has 0 atom stereocenters. The molecular formula is C21H19N7S. The molecule has 0 radical (unpaired) electrons. The van der Waals surface area contributed by atoms with Gasteiger partial charge in [0, 0.05) is 23.5 Å². The standard InChI is InChI=1S/C21H19N7S/c22-9-13-2-1-3-18-19(13)29-21(27-18)17-8-14(10-25-20(17)23)15-11-26-28(12-15)16-4-6-24-7-5-16/h1-3,8,10-12,16,24H,4-7H2,(H2,23,25). The van der Waals surface area contributed by atoms with E-state index in [2.05, 4.69) is 37.3 Å². The summed E-state index contributed by atoms with van der Waals surface area (Å²) in [6.45, 7) is 2.05. The van der Waals surface area contributed by atoms with Crippen LogP contribution in [0.15, 0.2) is 42.9 Å². The molecule has 4 heterocycles. The monoisotopic (exact) mass is 401 g/mol. The Labute approximate surface area is 171 Å². The molecule has 5 rings (SSSR count). The zero-order chi connectivity index (χ0) is 19.8. The summed E-state index contributed by atoms with van der Waals surface area (Å²) < 4.78 is 2.93. The van der Waals surface area contributed by atoms with Crippen LogP contribution in [0.4, 0.5) is 5.82 Å². The number of fused-ring (bicyclic) bond motifs is 1. The number of benzene rings is 1. The Kier molecular flexibility index (Phi) is 4.46. The molecule has 0 aliphatic carbocycles. The first-order valence-corrected chi connectivity index (χ1v) is 10.4. The summed E-state index contributed by atoms with van der Waals surface area (Å²) in [5.41, 5.74) is 10.3. The third kappa shape index (κ3) is 3.24. The lowest BCUT2D eigenvalue weighted by molar-refractivity contribution is 0.343. The molecule has 3 N–H and O–H groups in total. The highest BCUT2D eigenvalue weighted by Gasteiger charge is 2.18. The van der Waals surface area contributed by atoms with Gasteiger partial charge in [0.1, 0.15) is 16.9 Å². The van der Waals surface area contributed by atoms with Crippen LogP contribution in [0.3, 0.4) is 0 Å². The number of nitrogens with zero attached hydrogens (tertiary/aromatic N) is 5. The molecule has 144 valence electrons. The number of anilines is 1. The van der Waals surface area contributed by atoms with E-state index in [1.54, 1.807) is 12.3 Å². The predicted octanol–water partition coefficient (Wildman–Crippen LogP) is 3.60. The highest BCUT2D eigenvalue weighted by atomic mass is 32.1. The number of nitrogens with two attached hydrogens (primary N) is 1. The van der Waals surface area contributed by atoms with E-state index in [-0.39, 0.29) is 0 Å². The minimum Gasteiger partial charge on any atom is -0.383 e. The van der Waals surface area contributed by atoms with Crippen LogP contribution in [0, 0.1) is 11.3 Å². The number of nitriles is 1. The van der Waals surface area contributed by atoms with E-state index >= 15 is 0 Å². The van der Waals surface area contributed by atoms with Gasteiger partial charge in [0.15, 0.2) is 0 Å². The lowest BCUT2D eigenvalue weighted by Crippen LogP contribution is -2.29. The summed E-state index contributed by atoms with van der Waals surface area (Å²) in [5.74, 6) is 0.428. The second-order valence-electron chi connectivity index (χ2n) is 7.13. The van der Waals surface area contributed by atoms with Gasteiger partial charge in [-0.3, -0.25) is 4.68 Å². The van der Waals surface area contributed by atoms with Crippen molar-refractivity contribution in [2.45, 2.75) is 18.9 Å². The Morgan fingerprint density at radius 3 is 2.90 bits per heavy atom. The molecule has 1 saturated heterocycles. The van der Waals surface area contributed by atoms with Crippen molar-refractivity contribution in [2.24, 2.45) is 0 Å². The number of hydrogen-bond acceptors (Lipinski definition) is 7. The van der Waals surface area contributed by atoms with E-state index in [1.807, 2.05) is 24.4 Å². The van der Waals surface area contributed by atoms with Gasteiger partial charge in [-0.15, -0.1) is 11.3 Å². The third-order valence-corrected chi connectivity index (χ3v) is 6.44. The van der Waals surface area contributed by atoms with Gasteiger partial charge in [-0.25, -0.2) is 9.97 Å². The van der Waals surface area contributed by atoms with Crippen molar-refractivity contribution in [1.29, 1.82) is 5.26 Å². The Bertz CT molecular complexity index is 1230. The molecule has 4 aromatic rings. The van der Waals surface area contributed by atoms with Crippen molar-refractivity contribution in [3.63, 3.8) is 0 Å². The van der Waals surface area contributed by atoms with Gasteiger partial charge in [0.25, 0.3) is 0 Å². The predicted molar refractivity (Wildman–Crippen MR) is 114 cm³/mol. The Hall–Kier alpha value is -3.28. The van der Waals surface area contributed by atoms with Crippen LogP contribution in [0.25, 0.3) is 31.9 Å². The van der Waals surface area contributed by atoms with E-state index in [9.17, 15) is 5.26 Å². The number of piperidine rings is 1. The van der Waals surface area contributed by atoms with Crippen molar-refractivity contribution in [3.05, 3.63) is 48.4 Å². The molecule has 1 aromatic carbocycles. The largest absolute Gasteiger partial charge is 0.383 e. The summed E-state index contributed by atoms with van der Waals surface area (Å²) in [6.07, 6.45) is 7.90. The number of rotatable bonds is 3. The van der Waals surface area contributed by atoms with Gasteiger partial charge < -0.3 is 11.1 Å². The van der Waals surface area contributed by atoms with Crippen molar-refractivity contribution >= 4 is 27.4 Å². The van der Waals surface area contributed by atoms with Gasteiger partial charge >= 0.3 is 0 Å². The summed E-state index contributed by atoms with van der Waals surface area (Å²) in [6, 6.07) is 10.2. The Morgan fingerprint density at radius 1 is 1.21 bits per heavy atom. The molecular weight excluding hydrogens is 382 g/mol. The first-order chi connectivity index (χ1) is 14.2. The van der Waals surface area contributed by atoms with Crippen molar-refractivity contribution in [2.75, 3.05) is 18.8 Å². The lowest BCUT2D eigenvalue weighted by atomic mass is 10.1. The fraction of sp³-hybridized carbons (Fsp3) is 0.238. The third-order valence-electron chi connectivity index (χ3n) is 5.30. The fourth-order valence-electron chi connectivity index (χ4n) is 3.71. The van der Waals surface area contributed by atoms with Gasteiger partial charge in [-0.2, -0.15) is 10.4 Å². The number of pyridine rings is 1. The van der Waals surface area contributed by atoms with Crippen LogP contribution in [-0.2, 0) is 0 Å². The van der Waals surface area contributed by atoms with Gasteiger partial charge in [-0.1, -0.05) is 6.07 Å². The maximum atomic E-state index is 9.35. The molecule has 1 fully saturated rings.